The predicted octanol–water partition coefficient (Wildman–Crippen LogP) is 2.71. The van der Waals surface area contributed by atoms with Crippen LogP contribution < -0.4 is 14.9 Å². The first-order chi connectivity index (χ1) is 9.16. The third-order valence-corrected chi connectivity index (χ3v) is 2.60. The molecule has 0 saturated carbocycles. The summed E-state index contributed by atoms with van der Waals surface area (Å²) < 4.78 is 16.0. The Morgan fingerprint density at radius 3 is 2.63 bits per heavy atom. The summed E-state index contributed by atoms with van der Waals surface area (Å²) in [6, 6.07) is 9.10. The fourth-order valence-corrected chi connectivity index (χ4v) is 1.68. The van der Waals surface area contributed by atoms with Crippen LogP contribution in [0.2, 0.25) is 0 Å². The molecule has 100 valence electrons. The summed E-state index contributed by atoms with van der Waals surface area (Å²) in [7, 11) is 0. The highest BCUT2D eigenvalue weighted by atomic mass is 16.5. The third kappa shape index (κ3) is 3.61. The minimum Gasteiger partial charge on any atom is -0.490 e. The van der Waals surface area contributed by atoms with Crippen molar-refractivity contribution in [1.82, 2.24) is 0 Å². The van der Waals surface area contributed by atoms with Crippen molar-refractivity contribution < 1.29 is 13.9 Å². The van der Waals surface area contributed by atoms with Crippen LogP contribution >= 0.6 is 0 Å². The first kappa shape index (κ1) is 13.2. The van der Waals surface area contributed by atoms with Gasteiger partial charge in [0.05, 0.1) is 6.26 Å². The Labute approximate surface area is 111 Å². The fraction of sp³-hybridized carbons (Fsp3) is 0.267. The lowest BCUT2D eigenvalue weighted by atomic mass is 10.2. The molecule has 0 aliphatic rings. The molecule has 4 nitrogen and oxygen atoms in total. The lowest BCUT2D eigenvalue weighted by Gasteiger charge is -2.09. The molecule has 0 saturated heterocycles. The normalized spacial score (nSPS) is 10.2. The quantitative estimate of drug-likeness (QED) is 0.775. The SMILES string of the molecule is Cc1cccc(OCCOc2c(C)occc2=O)c1. The maximum Gasteiger partial charge on any atom is 0.226 e. The smallest absolute Gasteiger partial charge is 0.226 e. The highest BCUT2D eigenvalue weighted by Crippen LogP contribution is 2.13. The standard InChI is InChI=1S/C15H16O4/c1-11-4-3-5-13(10-11)18-8-9-19-15-12(2)17-7-6-14(15)16/h3-7,10H,8-9H2,1-2H3. The van der Waals surface area contributed by atoms with Crippen molar-refractivity contribution in [3.05, 3.63) is 58.1 Å². The average Bonchev–Trinajstić information content (AvgIpc) is 2.37. The van der Waals surface area contributed by atoms with Gasteiger partial charge in [-0.3, -0.25) is 4.79 Å². The van der Waals surface area contributed by atoms with E-state index in [0.717, 1.165) is 11.3 Å². The molecular weight excluding hydrogens is 244 g/mol. The Kier molecular flexibility index (Phi) is 4.23. The highest BCUT2D eigenvalue weighted by molar-refractivity contribution is 5.27. The van der Waals surface area contributed by atoms with Gasteiger partial charge in [-0.15, -0.1) is 0 Å². The average molecular weight is 260 g/mol. The molecule has 4 heteroatoms. The summed E-state index contributed by atoms with van der Waals surface area (Å²) in [6.45, 7) is 4.36. The van der Waals surface area contributed by atoms with Crippen molar-refractivity contribution in [2.75, 3.05) is 13.2 Å². The molecule has 0 bridgehead atoms. The van der Waals surface area contributed by atoms with Gasteiger partial charge < -0.3 is 13.9 Å². The lowest BCUT2D eigenvalue weighted by molar-refractivity contribution is 0.210. The van der Waals surface area contributed by atoms with Crippen LogP contribution in [0.1, 0.15) is 11.3 Å². The molecule has 2 rings (SSSR count). The maximum atomic E-state index is 11.5. The maximum absolute atomic E-state index is 11.5. The van der Waals surface area contributed by atoms with E-state index < -0.39 is 0 Å². The van der Waals surface area contributed by atoms with Crippen LogP contribution in [-0.2, 0) is 0 Å². The van der Waals surface area contributed by atoms with Crippen LogP contribution in [0.4, 0.5) is 0 Å². The van der Waals surface area contributed by atoms with E-state index in [9.17, 15) is 4.79 Å². The minimum atomic E-state index is -0.181. The molecule has 0 radical (unpaired) electrons. The minimum absolute atomic E-state index is 0.181. The fourth-order valence-electron chi connectivity index (χ4n) is 1.68. The summed E-state index contributed by atoms with van der Waals surface area (Å²) in [5, 5.41) is 0. The van der Waals surface area contributed by atoms with Crippen molar-refractivity contribution in [2.45, 2.75) is 13.8 Å². The molecule has 0 aliphatic carbocycles. The molecule has 1 aromatic carbocycles. The van der Waals surface area contributed by atoms with E-state index in [1.807, 2.05) is 31.2 Å². The van der Waals surface area contributed by atoms with Crippen LogP contribution in [0.15, 0.2) is 45.8 Å². The molecule has 0 unspecified atom stereocenters. The molecule has 0 fully saturated rings. The Hall–Kier alpha value is -2.23. The van der Waals surface area contributed by atoms with E-state index >= 15 is 0 Å². The van der Waals surface area contributed by atoms with E-state index in [1.165, 1.54) is 12.3 Å². The van der Waals surface area contributed by atoms with Gasteiger partial charge in [0.25, 0.3) is 0 Å². The van der Waals surface area contributed by atoms with E-state index in [4.69, 9.17) is 13.9 Å². The van der Waals surface area contributed by atoms with Crippen LogP contribution in [0.3, 0.4) is 0 Å². The van der Waals surface area contributed by atoms with Gasteiger partial charge in [0.2, 0.25) is 11.2 Å². The van der Waals surface area contributed by atoms with Crippen LogP contribution in [0.5, 0.6) is 11.5 Å². The molecule has 0 atom stereocenters. The number of hydrogen-bond acceptors (Lipinski definition) is 4. The van der Waals surface area contributed by atoms with Gasteiger partial charge in [0.15, 0.2) is 0 Å². The van der Waals surface area contributed by atoms with Gasteiger partial charge in [-0.2, -0.15) is 0 Å². The lowest BCUT2D eigenvalue weighted by Crippen LogP contribution is -2.14. The summed E-state index contributed by atoms with van der Waals surface area (Å²) in [6.07, 6.45) is 1.35. The topological polar surface area (TPSA) is 48.7 Å². The van der Waals surface area contributed by atoms with Crippen molar-refractivity contribution in [1.29, 1.82) is 0 Å². The van der Waals surface area contributed by atoms with E-state index in [1.54, 1.807) is 6.92 Å². The molecule has 19 heavy (non-hydrogen) atoms. The summed E-state index contributed by atoms with van der Waals surface area (Å²) in [5.41, 5.74) is 0.956. The summed E-state index contributed by atoms with van der Waals surface area (Å²) in [5.74, 6) is 1.51. The van der Waals surface area contributed by atoms with Gasteiger partial charge in [0, 0.05) is 6.07 Å². The van der Waals surface area contributed by atoms with Gasteiger partial charge in [0.1, 0.15) is 24.7 Å². The van der Waals surface area contributed by atoms with Gasteiger partial charge in [-0.25, -0.2) is 0 Å². The van der Waals surface area contributed by atoms with E-state index in [-0.39, 0.29) is 11.2 Å². The highest BCUT2D eigenvalue weighted by Gasteiger charge is 2.06. The number of aryl methyl sites for hydroxylation is 2. The van der Waals surface area contributed by atoms with Gasteiger partial charge in [-0.05, 0) is 31.5 Å². The number of ether oxygens (including phenoxy) is 2. The van der Waals surface area contributed by atoms with Gasteiger partial charge >= 0.3 is 0 Å². The van der Waals surface area contributed by atoms with Crippen molar-refractivity contribution >= 4 is 0 Å². The Balaban J connectivity index is 1.86. The number of hydrogen-bond donors (Lipinski definition) is 0. The Morgan fingerprint density at radius 1 is 1.11 bits per heavy atom. The number of rotatable bonds is 5. The van der Waals surface area contributed by atoms with E-state index in [2.05, 4.69) is 0 Å². The zero-order valence-corrected chi connectivity index (χ0v) is 11.0. The monoisotopic (exact) mass is 260 g/mol. The van der Waals surface area contributed by atoms with Crippen LogP contribution in [-0.4, -0.2) is 13.2 Å². The molecular formula is C15H16O4. The first-order valence-electron chi connectivity index (χ1n) is 6.07. The molecule has 2 aromatic rings. The largest absolute Gasteiger partial charge is 0.490 e. The Bertz CT molecular complexity index is 601. The Morgan fingerprint density at radius 2 is 1.89 bits per heavy atom. The molecule has 0 amide bonds. The predicted molar refractivity (Wildman–Crippen MR) is 71.9 cm³/mol. The molecule has 0 spiro atoms. The second-order valence-electron chi connectivity index (χ2n) is 4.18. The molecule has 1 aromatic heterocycles. The first-order valence-corrected chi connectivity index (χ1v) is 6.07. The number of benzene rings is 1. The second kappa shape index (κ2) is 6.09. The molecule has 1 heterocycles. The van der Waals surface area contributed by atoms with Crippen LogP contribution in [0.25, 0.3) is 0 Å². The van der Waals surface area contributed by atoms with E-state index in [0.29, 0.717) is 19.0 Å². The summed E-state index contributed by atoms with van der Waals surface area (Å²) >= 11 is 0. The molecule has 0 aliphatic heterocycles. The van der Waals surface area contributed by atoms with Crippen molar-refractivity contribution in [3.63, 3.8) is 0 Å². The second-order valence-corrected chi connectivity index (χ2v) is 4.18. The van der Waals surface area contributed by atoms with Crippen molar-refractivity contribution in [3.8, 4) is 11.5 Å². The van der Waals surface area contributed by atoms with Gasteiger partial charge in [-0.1, -0.05) is 12.1 Å². The zero-order chi connectivity index (χ0) is 13.7. The zero-order valence-electron chi connectivity index (χ0n) is 11.0. The molecule has 0 N–H and O–H groups in total. The summed E-state index contributed by atoms with van der Waals surface area (Å²) in [4.78, 5) is 11.5. The van der Waals surface area contributed by atoms with Crippen molar-refractivity contribution in [2.24, 2.45) is 0 Å². The van der Waals surface area contributed by atoms with Crippen LogP contribution in [0, 0.1) is 13.8 Å². The third-order valence-electron chi connectivity index (χ3n) is 2.60.